The van der Waals surface area contributed by atoms with Gasteiger partial charge >= 0.3 is 0 Å². The van der Waals surface area contributed by atoms with Crippen molar-refractivity contribution in [3.05, 3.63) is 29.6 Å². The fourth-order valence-electron chi connectivity index (χ4n) is 1.58. The number of hydrogen-bond donors (Lipinski definition) is 1. The molecule has 0 bridgehead atoms. The molecule has 0 fully saturated rings. The van der Waals surface area contributed by atoms with Gasteiger partial charge in [-0.25, -0.2) is 4.39 Å². The SMILES string of the molecule is CNc1nnc(-c2ccc(F)c(C)c2)n1C. The molecule has 0 unspecified atom stereocenters. The Morgan fingerprint density at radius 2 is 2.06 bits per heavy atom. The molecule has 0 aliphatic rings. The number of nitrogens with zero attached hydrogens (tertiary/aromatic N) is 3. The maximum Gasteiger partial charge on any atom is 0.224 e. The molecule has 0 aliphatic heterocycles. The Balaban J connectivity index is 2.50. The summed E-state index contributed by atoms with van der Waals surface area (Å²) >= 11 is 0. The van der Waals surface area contributed by atoms with E-state index >= 15 is 0 Å². The van der Waals surface area contributed by atoms with Crippen LogP contribution in [0.4, 0.5) is 10.3 Å². The highest BCUT2D eigenvalue weighted by molar-refractivity contribution is 5.58. The molecule has 0 saturated carbocycles. The van der Waals surface area contributed by atoms with Crippen molar-refractivity contribution in [3.63, 3.8) is 0 Å². The van der Waals surface area contributed by atoms with Gasteiger partial charge in [0.25, 0.3) is 0 Å². The Labute approximate surface area is 93.1 Å². The van der Waals surface area contributed by atoms with E-state index in [1.165, 1.54) is 6.07 Å². The molecule has 16 heavy (non-hydrogen) atoms. The molecule has 1 aromatic heterocycles. The lowest BCUT2D eigenvalue weighted by molar-refractivity contribution is 0.618. The summed E-state index contributed by atoms with van der Waals surface area (Å²) in [6.45, 7) is 1.73. The number of aryl methyl sites for hydroxylation is 1. The van der Waals surface area contributed by atoms with E-state index in [-0.39, 0.29) is 5.82 Å². The van der Waals surface area contributed by atoms with Crippen LogP contribution in [0.15, 0.2) is 18.2 Å². The lowest BCUT2D eigenvalue weighted by atomic mass is 10.1. The predicted octanol–water partition coefficient (Wildman–Crippen LogP) is 1.97. The molecule has 0 aliphatic carbocycles. The van der Waals surface area contributed by atoms with Crippen molar-refractivity contribution in [2.45, 2.75) is 6.92 Å². The standard InChI is InChI=1S/C11H13FN4/c1-7-6-8(4-5-9(7)12)10-14-15-11(13-2)16(10)3/h4-6H,1-3H3,(H,13,15). The zero-order valence-corrected chi connectivity index (χ0v) is 9.45. The van der Waals surface area contributed by atoms with Gasteiger partial charge in [0.2, 0.25) is 5.95 Å². The van der Waals surface area contributed by atoms with Gasteiger partial charge < -0.3 is 5.32 Å². The Morgan fingerprint density at radius 3 is 2.62 bits per heavy atom. The zero-order chi connectivity index (χ0) is 11.7. The van der Waals surface area contributed by atoms with Gasteiger partial charge in [0, 0.05) is 19.7 Å². The quantitative estimate of drug-likeness (QED) is 0.841. The average molecular weight is 220 g/mol. The van der Waals surface area contributed by atoms with Gasteiger partial charge in [-0.3, -0.25) is 4.57 Å². The highest BCUT2D eigenvalue weighted by Crippen LogP contribution is 2.21. The molecule has 1 heterocycles. The first-order chi connectivity index (χ1) is 7.63. The fraction of sp³-hybridized carbons (Fsp3) is 0.273. The Bertz CT molecular complexity index is 519. The maximum atomic E-state index is 13.1. The summed E-state index contributed by atoms with van der Waals surface area (Å²) in [6.07, 6.45) is 0. The number of nitrogens with one attached hydrogen (secondary N) is 1. The summed E-state index contributed by atoms with van der Waals surface area (Å²) in [6, 6.07) is 4.91. The molecule has 0 saturated heterocycles. The van der Waals surface area contributed by atoms with E-state index in [4.69, 9.17) is 0 Å². The van der Waals surface area contributed by atoms with Gasteiger partial charge in [-0.15, -0.1) is 10.2 Å². The molecule has 0 spiro atoms. The normalized spacial score (nSPS) is 10.5. The van der Waals surface area contributed by atoms with E-state index in [9.17, 15) is 4.39 Å². The van der Waals surface area contributed by atoms with Gasteiger partial charge in [0.1, 0.15) is 5.82 Å². The summed E-state index contributed by atoms with van der Waals surface area (Å²) in [7, 11) is 3.64. The van der Waals surface area contributed by atoms with Crippen molar-refractivity contribution in [3.8, 4) is 11.4 Å². The minimum atomic E-state index is -0.209. The first-order valence-electron chi connectivity index (χ1n) is 4.97. The van der Waals surface area contributed by atoms with E-state index in [0.29, 0.717) is 17.3 Å². The average Bonchev–Trinajstić information content (AvgIpc) is 2.64. The molecule has 1 aromatic carbocycles. The second kappa shape index (κ2) is 3.92. The second-order valence-corrected chi connectivity index (χ2v) is 3.62. The third-order valence-electron chi connectivity index (χ3n) is 2.51. The van der Waals surface area contributed by atoms with Gasteiger partial charge in [-0.2, -0.15) is 0 Å². The lowest BCUT2D eigenvalue weighted by Crippen LogP contribution is -2.00. The zero-order valence-electron chi connectivity index (χ0n) is 9.45. The van der Waals surface area contributed by atoms with Gasteiger partial charge in [-0.1, -0.05) is 0 Å². The largest absolute Gasteiger partial charge is 0.357 e. The number of aromatic nitrogens is 3. The topological polar surface area (TPSA) is 42.7 Å². The molecule has 1 N–H and O–H groups in total. The van der Waals surface area contributed by atoms with Gasteiger partial charge in [0.05, 0.1) is 0 Å². The summed E-state index contributed by atoms with van der Waals surface area (Å²) in [4.78, 5) is 0. The van der Waals surface area contributed by atoms with E-state index in [0.717, 1.165) is 5.56 Å². The number of benzene rings is 1. The first-order valence-corrected chi connectivity index (χ1v) is 4.97. The number of rotatable bonds is 2. The van der Waals surface area contributed by atoms with Crippen molar-refractivity contribution in [1.29, 1.82) is 0 Å². The van der Waals surface area contributed by atoms with Crippen LogP contribution in [0.3, 0.4) is 0 Å². The Kier molecular flexibility index (Phi) is 2.60. The molecule has 0 atom stereocenters. The minimum Gasteiger partial charge on any atom is -0.357 e. The third kappa shape index (κ3) is 1.64. The Morgan fingerprint density at radius 1 is 1.31 bits per heavy atom. The summed E-state index contributed by atoms with van der Waals surface area (Å²) in [5.41, 5.74) is 1.46. The molecule has 2 aromatic rings. The molecular formula is C11H13FN4. The van der Waals surface area contributed by atoms with Crippen LogP contribution in [0, 0.1) is 12.7 Å². The van der Waals surface area contributed by atoms with E-state index in [1.54, 1.807) is 26.1 Å². The van der Waals surface area contributed by atoms with Crippen LogP contribution in [-0.4, -0.2) is 21.8 Å². The lowest BCUT2D eigenvalue weighted by Gasteiger charge is -2.04. The van der Waals surface area contributed by atoms with E-state index in [1.807, 2.05) is 11.6 Å². The number of halogens is 1. The Hall–Kier alpha value is -1.91. The van der Waals surface area contributed by atoms with Crippen LogP contribution in [-0.2, 0) is 7.05 Å². The van der Waals surface area contributed by atoms with Crippen LogP contribution in [0.2, 0.25) is 0 Å². The monoisotopic (exact) mass is 220 g/mol. The van der Waals surface area contributed by atoms with Crippen molar-refractivity contribution < 1.29 is 4.39 Å². The van der Waals surface area contributed by atoms with Crippen LogP contribution in [0.1, 0.15) is 5.56 Å². The van der Waals surface area contributed by atoms with Crippen molar-refractivity contribution >= 4 is 5.95 Å². The third-order valence-corrected chi connectivity index (χ3v) is 2.51. The highest BCUT2D eigenvalue weighted by Gasteiger charge is 2.10. The summed E-state index contributed by atoms with van der Waals surface area (Å²) < 4.78 is 15.0. The highest BCUT2D eigenvalue weighted by atomic mass is 19.1. The van der Waals surface area contributed by atoms with Gasteiger partial charge in [-0.05, 0) is 30.7 Å². The van der Waals surface area contributed by atoms with Gasteiger partial charge in [0.15, 0.2) is 5.82 Å². The summed E-state index contributed by atoms with van der Waals surface area (Å²) in [5.74, 6) is 1.18. The smallest absolute Gasteiger partial charge is 0.224 e. The predicted molar refractivity (Wildman–Crippen MR) is 60.7 cm³/mol. The van der Waals surface area contributed by atoms with Crippen LogP contribution >= 0.6 is 0 Å². The molecular weight excluding hydrogens is 207 g/mol. The second-order valence-electron chi connectivity index (χ2n) is 3.62. The van der Waals surface area contributed by atoms with Crippen molar-refractivity contribution in [1.82, 2.24) is 14.8 Å². The first kappa shape index (κ1) is 10.6. The molecule has 4 nitrogen and oxygen atoms in total. The molecule has 5 heteroatoms. The van der Waals surface area contributed by atoms with Crippen molar-refractivity contribution in [2.24, 2.45) is 7.05 Å². The molecule has 84 valence electrons. The van der Waals surface area contributed by atoms with E-state index in [2.05, 4.69) is 15.5 Å². The fourth-order valence-corrected chi connectivity index (χ4v) is 1.58. The number of anilines is 1. The van der Waals surface area contributed by atoms with Crippen LogP contribution in [0.5, 0.6) is 0 Å². The summed E-state index contributed by atoms with van der Waals surface area (Å²) in [5, 5.41) is 11.0. The number of hydrogen-bond acceptors (Lipinski definition) is 3. The van der Waals surface area contributed by atoms with Crippen molar-refractivity contribution in [2.75, 3.05) is 12.4 Å². The molecule has 0 radical (unpaired) electrons. The molecule has 0 amide bonds. The van der Waals surface area contributed by atoms with Crippen LogP contribution < -0.4 is 5.32 Å². The maximum absolute atomic E-state index is 13.1. The van der Waals surface area contributed by atoms with Crippen LogP contribution in [0.25, 0.3) is 11.4 Å². The van der Waals surface area contributed by atoms with E-state index < -0.39 is 0 Å². The minimum absolute atomic E-state index is 0.209. The molecule has 2 rings (SSSR count).